The summed E-state index contributed by atoms with van der Waals surface area (Å²) in [7, 11) is -4.84. The summed E-state index contributed by atoms with van der Waals surface area (Å²) in [6, 6.07) is 0. The first-order valence-electron chi connectivity index (χ1n) is 17.3. The quantitative estimate of drug-likeness (QED) is 0.129. The molecule has 16 atom stereocenters. The van der Waals surface area contributed by atoms with E-state index >= 15 is 0 Å². The predicted octanol–water partition coefficient (Wildman–Crippen LogP) is 2.27. The Morgan fingerprint density at radius 1 is 0.957 bits per heavy atom. The fraction of sp³-hybridized carbons (Fsp3) is 0.970. The van der Waals surface area contributed by atoms with Crippen LogP contribution in [0.3, 0.4) is 0 Å². The van der Waals surface area contributed by atoms with Gasteiger partial charge in [-0.05, 0) is 98.7 Å². The number of aliphatic hydroxyl groups excluding tert-OH is 4. The molecule has 0 amide bonds. The summed E-state index contributed by atoms with van der Waals surface area (Å²) in [5.41, 5.74) is -1.89. The van der Waals surface area contributed by atoms with Gasteiger partial charge in [-0.3, -0.25) is 4.55 Å². The Balaban J connectivity index is 1.38. The molecule has 0 aromatic rings. The van der Waals surface area contributed by atoms with Gasteiger partial charge in [0.05, 0.1) is 23.9 Å². The molecule has 47 heavy (non-hydrogen) atoms. The van der Waals surface area contributed by atoms with E-state index in [9.17, 15) is 48.4 Å². The van der Waals surface area contributed by atoms with Crippen molar-refractivity contribution in [1.29, 1.82) is 0 Å². The van der Waals surface area contributed by atoms with Crippen LogP contribution in [-0.2, 0) is 28.9 Å². The third kappa shape index (κ3) is 7.02. The van der Waals surface area contributed by atoms with E-state index in [0.29, 0.717) is 38.0 Å². The molecule has 5 aliphatic rings. The summed E-state index contributed by atoms with van der Waals surface area (Å²) in [4.78, 5) is 11.6. The second-order valence-electron chi connectivity index (χ2n) is 16.5. The second kappa shape index (κ2) is 13.3. The van der Waals surface area contributed by atoms with Gasteiger partial charge in [-0.25, -0.2) is 8.98 Å². The lowest BCUT2D eigenvalue weighted by atomic mass is 9.43. The molecule has 0 radical (unpaired) electrons. The zero-order valence-corrected chi connectivity index (χ0v) is 29.0. The van der Waals surface area contributed by atoms with E-state index in [1.54, 1.807) is 0 Å². The molecule has 5 fully saturated rings. The van der Waals surface area contributed by atoms with Gasteiger partial charge in [0.25, 0.3) is 0 Å². The van der Waals surface area contributed by atoms with Gasteiger partial charge in [-0.15, -0.1) is 0 Å². The van der Waals surface area contributed by atoms with E-state index in [0.717, 1.165) is 25.7 Å². The maximum absolute atomic E-state index is 12.2. The number of carboxylic acids is 1. The zero-order valence-electron chi connectivity index (χ0n) is 28.1. The highest BCUT2D eigenvalue weighted by molar-refractivity contribution is 7.80. The van der Waals surface area contributed by atoms with Crippen molar-refractivity contribution in [1.82, 2.24) is 0 Å². The minimum Gasteiger partial charge on any atom is -0.479 e. The Bertz CT molecular complexity index is 1240. The van der Waals surface area contributed by atoms with Gasteiger partial charge in [0, 0.05) is 5.92 Å². The standard InChI is InChI=1S/C33H56O13S/c1-16(2)7-6-10-33(5,40)28-22(34)15-20-18-14-23(46-47(41,42)43)21-13-17(8-11-31(21,3)19(18)9-12-32(20,28)4)44-30-26(37)24(35)25(36)27(45-30)29(38)39/h16-28,30,34-37,40H,6-15H2,1-5H3,(H,38,39)(H,41,42,43)/t17-,18?,19?,20?,21?,22-,23?,24?,25?,26?,27?,28-,30?,31+,32-,33?/m0/s1. The van der Waals surface area contributed by atoms with Gasteiger partial charge in [-0.2, -0.15) is 8.42 Å². The predicted molar refractivity (Wildman–Crippen MR) is 167 cm³/mol. The summed E-state index contributed by atoms with van der Waals surface area (Å²) in [6.45, 7) is 10.4. The van der Waals surface area contributed by atoms with Crippen molar-refractivity contribution in [2.45, 2.75) is 153 Å². The summed E-state index contributed by atoms with van der Waals surface area (Å²) in [6.07, 6.45) is -4.82. The highest BCUT2D eigenvalue weighted by atomic mass is 32.3. The number of hydrogen-bond acceptors (Lipinski definition) is 11. The Labute approximate surface area is 277 Å². The molecule has 1 aliphatic heterocycles. The van der Waals surface area contributed by atoms with E-state index in [2.05, 4.69) is 27.7 Å². The maximum Gasteiger partial charge on any atom is 0.397 e. The number of fused-ring (bicyclic) bond motifs is 5. The van der Waals surface area contributed by atoms with Gasteiger partial charge in [-0.1, -0.05) is 40.5 Å². The van der Waals surface area contributed by atoms with Crippen molar-refractivity contribution in [3.63, 3.8) is 0 Å². The van der Waals surface area contributed by atoms with Crippen LogP contribution in [0.2, 0.25) is 0 Å². The molecule has 5 rings (SSSR count). The lowest BCUT2D eigenvalue weighted by Crippen LogP contribution is -2.62. The van der Waals surface area contributed by atoms with E-state index in [-0.39, 0.29) is 35.5 Å². The summed E-state index contributed by atoms with van der Waals surface area (Å²) in [5, 5.41) is 63.6. The molecule has 11 unspecified atom stereocenters. The Hall–Kier alpha value is -0.940. The van der Waals surface area contributed by atoms with E-state index in [4.69, 9.17) is 13.7 Å². The topological polar surface area (TPSA) is 221 Å². The van der Waals surface area contributed by atoms with Crippen LogP contribution in [0.15, 0.2) is 0 Å². The highest BCUT2D eigenvalue weighted by Gasteiger charge is 2.67. The van der Waals surface area contributed by atoms with Gasteiger partial charge in [0.2, 0.25) is 0 Å². The average Bonchev–Trinajstić information content (AvgIpc) is 3.23. The van der Waals surface area contributed by atoms with Gasteiger partial charge in [0.15, 0.2) is 12.4 Å². The van der Waals surface area contributed by atoms with E-state index < -0.39 is 82.3 Å². The smallest absolute Gasteiger partial charge is 0.397 e. The molecule has 14 heteroatoms. The lowest BCUT2D eigenvalue weighted by Gasteiger charge is -2.63. The second-order valence-corrected chi connectivity index (χ2v) is 17.6. The monoisotopic (exact) mass is 692 g/mol. The first kappa shape index (κ1) is 37.3. The third-order valence-corrected chi connectivity index (χ3v) is 13.6. The number of aliphatic carboxylic acids is 1. The van der Waals surface area contributed by atoms with Gasteiger partial charge in [0.1, 0.15) is 18.3 Å². The molecule has 0 spiro atoms. The number of carboxylic acid groups (broad SMARTS) is 1. The van der Waals surface area contributed by atoms with Crippen molar-refractivity contribution in [2.24, 2.45) is 46.3 Å². The van der Waals surface area contributed by atoms with E-state index in [1.807, 2.05) is 6.92 Å². The number of carbonyl (C=O) groups is 1. The summed E-state index contributed by atoms with van der Waals surface area (Å²) >= 11 is 0. The number of ether oxygens (including phenoxy) is 2. The normalized spacial score (nSPS) is 48.3. The van der Waals surface area contributed by atoms with Crippen LogP contribution >= 0.6 is 0 Å². The van der Waals surface area contributed by atoms with E-state index in [1.165, 1.54) is 0 Å². The molecule has 1 saturated heterocycles. The van der Waals surface area contributed by atoms with Crippen LogP contribution in [0.1, 0.15) is 98.8 Å². The SMILES string of the molecule is CC(C)CCCC(C)(O)[C@H]1[C@@H](O)CC2C3CC(OS(=O)(=O)O)C4C[C@@H](OC5OC(C(=O)O)C(O)C(O)C5O)CC[C@]4(C)C3CC[C@@]21C. The minimum atomic E-state index is -4.84. The molecule has 7 N–H and O–H groups in total. The molecule has 1 heterocycles. The van der Waals surface area contributed by atoms with Crippen LogP contribution in [0.4, 0.5) is 0 Å². The molecule has 13 nitrogen and oxygen atoms in total. The van der Waals surface area contributed by atoms with Gasteiger partial charge >= 0.3 is 16.4 Å². The molecule has 0 aromatic heterocycles. The van der Waals surface area contributed by atoms with Gasteiger partial charge < -0.3 is 40.1 Å². The molecular weight excluding hydrogens is 636 g/mol. The van der Waals surface area contributed by atoms with Crippen molar-refractivity contribution >= 4 is 16.4 Å². The lowest BCUT2D eigenvalue weighted by molar-refractivity contribution is -0.311. The molecule has 0 aromatic carbocycles. The van der Waals surface area contributed by atoms with Crippen molar-refractivity contribution in [3.8, 4) is 0 Å². The fourth-order valence-corrected chi connectivity index (χ4v) is 11.7. The maximum atomic E-state index is 12.2. The van der Waals surface area contributed by atoms with Crippen LogP contribution in [-0.4, -0.2) is 104 Å². The zero-order chi connectivity index (χ0) is 34.9. The molecule has 4 saturated carbocycles. The van der Waals surface area contributed by atoms with Crippen LogP contribution in [0.25, 0.3) is 0 Å². The molecule has 4 aliphatic carbocycles. The summed E-state index contributed by atoms with van der Waals surface area (Å²) in [5.74, 6) is -1.62. The number of aliphatic hydroxyl groups is 5. The van der Waals surface area contributed by atoms with Crippen LogP contribution in [0.5, 0.6) is 0 Å². The van der Waals surface area contributed by atoms with Crippen molar-refractivity contribution < 1.29 is 62.1 Å². The van der Waals surface area contributed by atoms with Crippen molar-refractivity contribution in [3.05, 3.63) is 0 Å². The Morgan fingerprint density at radius 2 is 1.62 bits per heavy atom. The van der Waals surface area contributed by atoms with Crippen molar-refractivity contribution in [2.75, 3.05) is 0 Å². The first-order valence-corrected chi connectivity index (χ1v) is 18.7. The molecular formula is C33H56O13S. The number of rotatable bonds is 10. The van der Waals surface area contributed by atoms with Crippen LogP contribution < -0.4 is 0 Å². The minimum absolute atomic E-state index is 0.00345. The first-order chi connectivity index (χ1) is 21.7. The summed E-state index contributed by atoms with van der Waals surface area (Å²) < 4.78 is 51.0. The largest absolute Gasteiger partial charge is 0.479 e. The third-order valence-electron chi connectivity index (χ3n) is 13.2. The average molecular weight is 693 g/mol. The highest BCUT2D eigenvalue weighted by Crippen LogP contribution is 2.69. The van der Waals surface area contributed by atoms with Crippen LogP contribution in [0, 0.1) is 46.3 Å². The fourth-order valence-electron chi connectivity index (χ4n) is 11.1. The number of hydrogen-bond donors (Lipinski definition) is 7. The molecule has 0 bridgehead atoms. The molecule has 272 valence electrons. The Morgan fingerprint density at radius 3 is 2.23 bits per heavy atom. The Kier molecular flexibility index (Phi) is 10.6.